The van der Waals surface area contributed by atoms with Crippen LogP contribution >= 0.6 is 0 Å². The van der Waals surface area contributed by atoms with Crippen molar-refractivity contribution in [1.29, 1.82) is 0 Å². The monoisotopic (exact) mass is 383 g/mol. The van der Waals surface area contributed by atoms with Crippen LogP contribution in [0.2, 0.25) is 0 Å². The smallest absolute Gasteiger partial charge is 0.241 e. The molecule has 0 aromatic heterocycles. The van der Waals surface area contributed by atoms with E-state index in [1.807, 2.05) is 61.5 Å². The van der Waals surface area contributed by atoms with E-state index in [0.29, 0.717) is 17.7 Å². The maximum absolute atomic E-state index is 13.0. The fourth-order valence-corrected chi connectivity index (χ4v) is 4.48. The average molecular weight is 384 g/mol. The first-order chi connectivity index (χ1) is 13.0. The maximum atomic E-state index is 13.0. The lowest BCUT2D eigenvalue weighted by Crippen LogP contribution is -2.27. The van der Waals surface area contributed by atoms with Gasteiger partial charge in [0.25, 0.3) is 0 Å². The zero-order valence-corrected chi connectivity index (χ0v) is 16.5. The fraction of sp³-hybridized carbons (Fsp3) is 0.273. The predicted molar refractivity (Wildman–Crippen MR) is 110 cm³/mol. The highest BCUT2D eigenvalue weighted by Gasteiger charge is 2.21. The van der Waals surface area contributed by atoms with Gasteiger partial charge >= 0.3 is 0 Å². The zero-order valence-electron chi connectivity index (χ0n) is 15.7. The van der Waals surface area contributed by atoms with Crippen LogP contribution in [-0.4, -0.2) is 15.0 Å². The third kappa shape index (κ3) is 4.49. The number of hydrogen-bond donors (Lipinski definition) is 1. The number of fused-ring (bicyclic) bond motifs is 1. The molecule has 0 aliphatic carbocycles. The van der Waals surface area contributed by atoms with Crippen molar-refractivity contribution >= 4 is 20.8 Å². The number of ether oxygens (including phenoxy) is 1. The van der Waals surface area contributed by atoms with Crippen molar-refractivity contribution in [1.82, 2.24) is 4.72 Å². The van der Waals surface area contributed by atoms with E-state index < -0.39 is 10.0 Å². The van der Waals surface area contributed by atoms with Crippen LogP contribution in [0.3, 0.4) is 0 Å². The molecule has 1 atom stereocenters. The van der Waals surface area contributed by atoms with Gasteiger partial charge in [0, 0.05) is 16.8 Å². The maximum Gasteiger partial charge on any atom is 0.241 e. The van der Waals surface area contributed by atoms with E-state index in [2.05, 4.69) is 11.6 Å². The topological polar surface area (TPSA) is 55.4 Å². The van der Waals surface area contributed by atoms with Crippen molar-refractivity contribution < 1.29 is 13.2 Å². The van der Waals surface area contributed by atoms with E-state index in [1.54, 1.807) is 12.1 Å². The Labute approximate surface area is 161 Å². The second-order valence-corrected chi connectivity index (χ2v) is 8.25. The molecular weight excluding hydrogens is 358 g/mol. The minimum Gasteiger partial charge on any atom is -0.493 e. The van der Waals surface area contributed by atoms with Crippen LogP contribution in [0, 0.1) is 0 Å². The molecule has 0 aliphatic rings. The van der Waals surface area contributed by atoms with Crippen LogP contribution in [0.4, 0.5) is 0 Å². The van der Waals surface area contributed by atoms with E-state index in [0.717, 1.165) is 23.8 Å². The second-order valence-electron chi connectivity index (χ2n) is 6.56. The third-order valence-corrected chi connectivity index (χ3v) is 6.12. The highest BCUT2D eigenvalue weighted by Crippen LogP contribution is 2.32. The zero-order chi connectivity index (χ0) is 19.3. The van der Waals surface area contributed by atoms with Gasteiger partial charge in [-0.1, -0.05) is 67.9 Å². The first-order valence-corrected chi connectivity index (χ1v) is 10.7. The van der Waals surface area contributed by atoms with Gasteiger partial charge in [-0.3, -0.25) is 0 Å². The molecule has 0 radical (unpaired) electrons. The summed E-state index contributed by atoms with van der Waals surface area (Å²) in [5, 5.41) is 1.48. The summed E-state index contributed by atoms with van der Waals surface area (Å²) in [6.07, 6.45) is 2.01. The molecule has 0 amide bonds. The summed E-state index contributed by atoms with van der Waals surface area (Å²) < 4.78 is 34.7. The largest absolute Gasteiger partial charge is 0.493 e. The summed E-state index contributed by atoms with van der Waals surface area (Å²) in [5.74, 6) is 0.717. The summed E-state index contributed by atoms with van der Waals surface area (Å²) in [4.78, 5) is 0.267. The summed E-state index contributed by atoms with van der Waals surface area (Å²) in [6, 6.07) is 20.1. The Hall–Kier alpha value is -2.37. The quantitative estimate of drug-likeness (QED) is 0.553. The van der Waals surface area contributed by atoms with Crippen molar-refractivity contribution in [3.63, 3.8) is 0 Å². The minimum atomic E-state index is -3.68. The molecule has 142 valence electrons. The number of benzene rings is 3. The van der Waals surface area contributed by atoms with Crippen LogP contribution in [0.5, 0.6) is 5.75 Å². The molecule has 0 saturated carbocycles. The molecule has 0 heterocycles. The Bertz CT molecular complexity index is 1000. The van der Waals surface area contributed by atoms with E-state index >= 15 is 0 Å². The fourth-order valence-electron chi connectivity index (χ4n) is 3.04. The first-order valence-electron chi connectivity index (χ1n) is 9.24. The van der Waals surface area contributed by atoms with Crippen molar-refractivity contribution in [2.45, 2.75) is 37.6 Å². The Morgan fingerprint density at radius 3 is 2.30 bits per heavy atom. The van der Waals surface area contributed by atoms with Gasteiger partial charge < -0.3 is 4.74 Å². The highest BCUT2D eigenvalue weighted by atomic mass is 32.2. The molecule has 4 nitrogen and oxygen atoms in total. The number of nitrogens with one attached hydrogen (secondary N) is 1. The molecule has 0 fully saturated rings. The van der Waals surface area contributed by atoms with Crippen molar-refractivity contribution in [3.8, 4) is 5.75 Å². The van der Waals surface area contributed by atoms with Crippen LogP contribution < -0.4 is 9.46 Å². The third-order valence-electron chi connectivity index (χ3n) is 4.52. The molecule has 3 rings (SSSR count). The molecule has 27 heavy (non-hydrogen) atoms. The molecule has 0 spiro atoms. The number of sulfonamides is 1. The number of rotatable bonds is 8. The van der Waals surface area contributed by atoms with Gasteiger partial charge in [-0.25, -0.2) is 13.1 Å². The molecule has 1 N–H and O–H groups in total. The van der Waals surface area contributed by atoms with Gasteiger partial charge in [0.2, 0.25) is 10.0 Å². The minimum absolute atomic E-state index is 0.267. The Morgan fingerprint density at radius 2 is 1.59 bits per heavy atom. The molecule has 3 aromatic rings. The SMILES string of the molecule is CCCCOc1ccc(S(=O)(=O)N[C@H](C)c2ccccc2)c2ccccc12. The molecule has 0 saturated heterocycles. The summed E-state index contributed by atoms with van der Waals surface area (Å²) in [6.45, 7) is 4.57. The molecule has 0 unspecified atom stereocenters. The number of unbranched alkanes of at least 4 members (excludes halogenated alkanes) is 1. The van der Waals surface area contributed by atoms with E-state index in [4.69, 9.17) is 4.74 Å². The number of hydrogen-bond acceptors (Lipinski definition) is 3. The van der Waals surface area contributed by atoms with Crippen LogP contribution in [0.1, 0.15) is 38.3 Å². The van der Waals surface area contributed by atoms with Gasteiger partial charge in [-0.05, 0) is 31.0 Å². The van der Waals surface area contributed by atoms with Gasteiger partial charge in [0.05, 0.1) is 11.5 Å². The lowest BCUT2D eigenvalue weighted by Gasteiger charge is -2.17. The molecular formula is C22H25NO3S. The van der Waals surface area contributed by atoms with Gasteiger partial charge in [-0.15, -0.1) is 0 Å². The Kier molecular flexibility index (Phi) is 6.14. The van der Waals surface area contributed by atoms with Crippen molar-refractivity contribution in [2.24, 2.45) is 0 Å². The van der Waals surface area contributed by atoms with Crippen LogP contribution in [-0.2, 0) is 10.0 Å². The van der Waals surface area contributed by atoms with E-state index in [1.165, 1.54) is 0 Å². The van der Waals surface area contributed by atoms with Gasteiger partial charge in [-0.2, -0.15) is 0 Å². The normalized spacial score (nSPS) is 12.8. The van der Waals surface area contributed by atoms with Gasteiger partial charge in [0.1, 0.15) is 5.75 Å². The molecule has 5 heteroatoms. The lowest BCUT2D eigenvalue weighted by atomic mass is 10.1. The van der Waals surface area contributed by atoms with E-state index in [-0.39, 0.29) is 10.9 Å². The summed E-state index contributed by atoms with van der Waals surface area (Å²) >= 11 is 0. The molecule has 0 aliphatic heterocycles. The van der Waals surface area contributed by atoms with Crippen LogP contribution in [0.15, 0.2) is 71.6 Å². The lowest BCUT2D eigenvalue weighted by molar-refractivity contribution is 0.313. The summed E-state index contributed by atoms with van der Waals surface area (Å²) in [7, 11) is -3.68. The van der Waals surface area contributed by atoms with Crippen molar-refractivity contribution in [2.75, 3.05) is 6.61 Å². The summed E-state index contributed by atoms with van der Waals surface area (Å²) in [5.41, 5.74) is 0.921. The predicted octanol–water partition coefficient (Wildman–Crippen LogP) is 5.06. The Balaban J connectivity index is 1.95. The van der Waals surface area contributed by atoms with E-state index in [9.17, 15) is 8.42 Å². The van der Waals surface area contributed by atoms with Crippen LogP contribution in [0.25, 0.3) is 10.8 Å². The van der Waals surface area contributed by atoms with Crippen molar-refractivity contribution in [3.05, 3.63) is 72.3 Å². The standard InChI is InChI=1S/C22H25NO3S/c1-3-4-16-26-21-14-15-22(20-13-9-8-12-19(20)21)27(24,25)23-17(2)18-10-6-5-7-11-18/h5-15,17,23H,3-4,16H2,1-2H3/t17-/m1/s1. The first kappa shape index (κ1) is 19.4. The highest BCUT2D eigenvalue weighted by molar-refractivity contribution is 7.89. The molecule has 3 aromatic carbocycles. The Morgan fingerprint density at radius 1 is 0.926 bits per heavy atom. The van der Waals surface area contributed by atoms with Gasteiger partial charge in [0.15, 0.2) is 0 Å². The average Bonchev–Trinajstić information content (AvgIpc) is 2.68. The second kappa shape index (κ2) is 8.55. The molecule has 0 bridgehead atoms.